The van der Waals surface area contributed by atoms with Gasteiger partial charge in [-0.2, -0.15) is 0 Å². The minimum atomic E-state index is -0.616. The first-order chi connectivity index (χ1) is 16.9. The number of carbonyl (C=O) groups excluding carboxylic acids is 2. The van der Waals surface area contributed by atoms with Gasteiger partial charge in [0.25, 0.3) is 0 Å². The minimum Gasteiger partial charge on any atom is -0.465 e. The number of fused-ring (bicyclic) bond motifs is 2. The lowest BCUT2D eigenvalue weighted by molar-refractivity contribution is -0.115. The van der Waals surface area contributed by atoms with E-state index in [1.54, 1.807) is 18.2 Å². The maximum Gasteiger partial charge on any atom is 0.337 e. The monoisotopic (exact) mass is 466 g/mol. The Kier molecular flexibility index (Phi) is 5.93. The van der Waals surface area contributed by atoms with Crippen LogP contribution >= 0.6 is 0 Å². The van der Waals surface area contributed by atoms with Gasteiger partial charge in [-0.1, -0.05) is 24.3 Å². The van der Waals surface area contributed by atoms with Gasteiger partial charge < -0.3 is 19.9 Å². The second kappa shape index (κ2) is 9.19. The molecule has 1 aliphatic rings. The van der Waals surface area contributed by atoms with E-state index in [9.17, 15) is 9.59 Å². The Morgan fingerprint density at radius 1 is 1.00 bits per heavy atom. The highest BCUT2D eigenvalue weighted by Gasteiger charge is 2.36. The average Bonchev–Trinajstić information content (AvgIpc) is 3.45. The van der Waals surface area contributed by atoms with Gasteiger partial charge in [-0.25, -0.2) is 4.79 Å². The molecule has 2 heterocycles. The summed E-state index contributed by atoms with van der Waals surface area (Å²) in [4.78, 5) is 35.6. The number of benzene rings is 3. The standard InChI is InChI=1S/C28H26N4O3/c1-32(2)16-17-4-8-21(9-5-17)30-26(19-7-11-23-18(14-19)12-13-29-23)25-22-10-6-20(28(34)35-3)15-24(22)31-27(25)33/h4-15,25,29H,16H2,1-3H3,(H,31,33). The number of amides is 1. The molecule has 0 bridgehead atoms. The largest absolute Gasteiger partial charge is 0.465 e. The van der Waals surface area contributed by atoms with E-state index in [-0.39, 0.29) is 5.91 Å². The summed E-state index contributed by atoms with van der Waals surface area (Å²) in [5.41, 5.74) is 6.23. The van der Waals surface area contributed by atoms with E-state index in [1.807, 2.05) is 56.7 Å². The molecule has 0 saturated carbocycles. The van der Waals surface area contributed by atoms with Crippen molar-refractivity contribution in [2.45, 2.75) is 12.5 Å². The van der Waals surface area contributed by atoms with Crippen LogP contribution in [0.5, 0.6) is 0 Å². The number of H-pyrrole nitrogens is 1. The lowest BCUT2D eigenvalue weighted by atomic mass is 9.89. The second-order valence-electron chi connectivity index (χ2n) is 8.90. The van der Waals surface area contributed by atoms with Crippen molar-refractivity contribution >= 4 is 39.9 Å². The highest BCUT2D eigenvalue weighted by atomic mass is 16.5. The zero-order chi connectivity index (χ0) is 24.5. The fraction of sp³-hybridized carbons (Fsp3) is 0.179. The third-order valence-electron chi connectivity index (χ3n) is 6.11. The van der Waals surface area contributed by atoms with E-state index < -0.39 is 11.9 Å². The van der Waals surface area contributed by atoms with Gasteiger partial charge in [0.1, 0.15) is 5.92 Å². The molecule has 35 heavy (non-hydrogen) atoms. The van der Waals surface area contributed by atoms with Crippen LogP contribution in [0.15, 0.2) is 77.9 Å². The van der Waals surface area contributed by atoms with Crippen LogP contribution in [0.2, 0.25) is 0 Å². The van der Waals surface area contributed by atoms with Crippen molar-refractivity contribution < 1.29 is 14.3 Å². The Balaban J connectivity index is 1.61. The van der Waals surface area contributed by atoms with Crippen LogP contribution in [0.4, 0.5) is 11.4 Å². The van der Waals surface area contributed by atoms with Crippen LogP contribution < -0.4 is 5.32 Å². The third kappa shape index (κ3) is 4.46. The summed E-state index contributed by atoms with van der Waals surface area (Å²) in [5, 5.41) is 3.96. The molecule has 2 N–H and O–H groups in total. The summed E-state index contributed by atoms with van der Waals surface area (Å²) >= 11 is 0. The zero-order valence-electron chi connectivity index (χ0n) is 19.8. The molecule has 5 rings (SSSR count). The van der Waals surface area contributed by atoms with Crippen LogP contribution in [0.25, 0.3) is 10.9 Å². The Hall–Kier alpha value is -4.23. The van der Waals surface area contributed by atoms with Crippen molar-refractivity contribution in [3.63, 3.8) is 0 Å². The number of nitrogens with one attached hydrogen (secondary N) is 2. The predicted octanol–water partition coefficient (Wildman–Crippen LogP) is 4.87. The second-order valence-corrected chi connectivity index (χ2v) is 8.90. The smallest absolute Gasteiger partial charge is 0.337 e. The topological polar surface area (TPSA) is 86.8 Å². The zero-order valence-corrected chi connectivity index (χ0v) is 19.8. The molecule has 0 fully saturated rings. The number of anilines is 1. The number of hydrogen-bond acceptors (Lipinski definition) is 5. The molecule has 3 aromatic carbocycles. The molecule has 0 radical (unpaired) electrons. The number of ether oxygens (including phenoxy) is 1. The minimum absolute atomic E-state index is 0.181. The normalized spacial score (nSPS) is 15.4. The van der Waals surface area contributed by atoms with Crippen molar-refractivity contribution in [2.75, 3.05) is 26.5 Å². The Morgan fingerprint density at radius 3 is 2.51 bits per heavy atom. The van der Waals surface area contributed by atoms with E-state index in [0.29, 0.717) is 17.0 Å². The highest BCUT2D eigenvalue weighted by molar-refractivity contribution is 6.24. The van der Waals surface area contributed by atoms with Gasteiger partial charge in [0.2, 0.25) is 5.91 Å². The molecule has 1 aliphatic heterocycles. The molecule has 0 spiro atoms. The molecular weight excluding hydrogens is 440 g/mol. The summed E-state index contributed by atoms with van der Waals surface area (Å²) in [6.45, 7) is 0.835. The Labute approximate surface area is 203 Å². The molecule has 1 amide bonds. The first-order valence-corrected chi connectivity index (χ1v) is 11.4. The highest BCUT2D eigenvalue weighted by Crippen LogP contribution is 2.37. The average molecular weight is 467 g/mol. The summed E-state index contributed by atoms with van der Waals surface area (Å²) in [7, 11) is 5.40. The molecule has 4 aromatic rings. The van der Waals surface area contributed by atoms with Crippen molar-refractivity contribution in [2.24, 2.45) is 4.99 Å². The van der Waals surface area contributed by atoms with Crippen LogP contribution in [-0.4, -0.2) is 48.7 Å². The number of rotatable bonds is 6. The molecule has 1 unspecified atom stereocenters. The van der Waals surface area contributed by atoms with Crippen LogP contribution in [-0.2, 0) is 16.1 Å². The number of carbonyl (C=O) groups is 2. The summed E-state index contributed by atoms with van der Waals surface area (Å²) in [6, 6.07) is 21.2. The lowest BCUT2D eigenvalue weighted by Gasteiger charge is -2.15. The molecule has 1 atom stereocenters. The van der Waals surface area contributed by atoms with Crippen molar-refractivity contribution in [3.8, 4) is 0 Å². The number of aromatic amines is 1. The first-order valence-electron chi connectivity index (χ1n) is 11.4. The molecule has 7 heteroatoms. The molecular formula is C28H26N4O3. The van der Waals surface area contributed by atoms with E-state index in [1.165, 1.54) is 12.7 Å². The van der Waals surface area contributed by atoms with E-state index >= 15 is 0 Å². The van der Waals surface area contributed by atoms with Gasteiger partial charge in [-0.05, 0) is 73.3 Å². The summed E-state index contributed by atoms with van der Waals surface area (Å²) in [5.74, 6) is -1.25. The summed E-state index contributed by atoms with van der Waals surface area (Å²) in [6.07, 6.45) is 1.89. The maximum atomic E-state index is 13.3. The fourth-order valence-corrected chi connectivity index (χ4v) is 4.47. The molecule has 176 valence electrons. The lowest BCUT2D eigenvalue weighted by Crippen LogP contribution is -2.22. The van der Waals surface area contributed by atoms with Gasteiger partial charge in [0.05, 0.1) is 24.1 Å². The Morgan fingerprint density at radius 2 is 1.77 bits per heavy atom. The SMILES string of the molecule is COC(=O)c1ccc2c(c1)NC(=O)C2C(=Nc1ccc(CN(C)C)cc1)c1ccc2[nH]ccc2c1. The van der Waals surface area contributed by atoms with Crippen LogP contribution in [0.1, 0.15) is 33.0 Å². The summed E-state index contributed by atoms with van der Waals surface area (Å²) < 4.78 is 4.83. The quantitative estimate of drug-likeness (QED) is 0.313. The number of aliphatic imine (C=N–C) groups is 1. The van der Waals surface area contributed by atoms with Crippen LogP contribution in [0.3, 0.4) is 0 Å². The van der Waals surface area contributed by atoms with E-state index in [0.717, 1.165) is 34.3 Å². The van der Waals surface area contributed by atoms with Crippen molar-refractivity contribution in [3.05, 3.63) is 95.2 Å². The number of hydrogen-bond donors (Lipinski definition) is 2. The maximum absolute atomic E-state index is 13.3. The molecule has 0 saturated heterocycles. The van der Waals surface area contributed by atoms with Crippen molar-refractivity contribution in [1.82, 2.24) is 9.88 Å². The van der Waals surface area contributed by atoms with Crippen LogP contribution in [0, 0.1) is 0 Å². The Bertz CT molecular complexity index is 1450. The predicted molar refractivity (Wildman–Crippen MR) is 137 cm³/mol. The van der Waals surface area contributed by atoms with Gasteiger partial charge in [-0.15, -0.1) is 0 Å². The number of methoxy groups -OCH3 is 1. The van der Waals surface area contributed by atoms with E-state index in [2.05, 4.69) is 27.3 Å². The molecule has 7 nitrogen and oxygen atoms in total. The fourth-order valence-electron chi connectivity index (χ4n) is 4.47. The van der Waals surface area contributed by atoms with Crippen molar-refractivity contribution in [1.29, 1.82) is 0 Å². The number of nitrogens with zero attached hydrogens (tertiary/aromatic N) is 2. The van der Waals surface area contributed by atoms with Gasteiger partial charge in [0.15, 0.2) is 0 Å². The van der Waals surface area contributed by atoms with Gasteiger partial charge >= 0.3 is 5.97 Å². The van der Waals surface area contributed by atoms with Gasteiger partial charge in [0, 0.05) is 29.3 Å². The molecule has 1 aromatic heterocycles. The number of aromatic nitrogens is 1. The first kappa shape index (κ1) is 22.6. The molecule has 0 aliphatic carbocycles. The number of esters is 1. The van der Waals surface area contributed by atoms with Gasteiger partial charge in [-0.3, -0.25) is 9.79 Å². The van der Waals surface area contributed by atoms with E-state index in [4.69, 9.17) is 9.73 Å². The third-order valence-corrected chi connectivity index (χ3v) is 6.11.